The third-order valence-corrected chi connectivity index (χ3v) is 5.39. The summed E-state index contributed by atoms with van der Waals surface area (Å²) in [6.45, 7) is 4.71. The van der Waals surface area contributed by atoms with Gasteiger partial charge in [-0.05, 0) is 63.4 Å². The molecule has 1 N–H and O–H groups in total. The highest BCUT2D eigenvalue weighted by atomic mass is 16.2. The highest BCUT2D eigenvalue weighted by Gasteiger charge is 2.33. The molecule has 2 fully saturated rings. The average Bonchev–Trinajstić information content (AvgIpc) is 3.29. The number of amides is 1. The summed E-state index contributed by atoms with van der Waals surface area (Å²) in [6, 6.07) is 4.44. The Kier molecular flexibility index (Phi) is 4.48. The van der Waals surface area contributed by atoms with Crippen molar-refractivity contribution in [3.8, 4) is 0 Å². The molecule has 0 radical (unpaired) electrons. The van der Waals surface area contributed by atoms with Gasteiger partial charge in [0.2, 0.25) is 0 Å². The molecule has 4 heterocycles. The van der Waals surface area contributed by atoms with Crippen molar-refractivity contribution in [3.63, 3.8) is 0 Å². The molecule has 2 aliphatic rings. The zero-order valence-corrected chi connectivity index (χ0v) is 14.6. The summed E-state index contributed by atoms with van der Waals surface area (Å²) in [6.07, 6.45) is 7.63. The quantitative estimate of drug-likeness (QED) is 0.923. The van der Waals surface area contributed by atoms with E-state index in [1.54, 1.807) is 12.4 Å². The molecule has 7 nitrogen and oxygen atoms in total. The molecule has 2 aliphatic heterocycles. The van der Waals surface area contributed by atoms with Crippen LogP contribution in [0.25, 0.3) is 0 Å². The number of aromatic nitrogens is 4. The lowest BCUT2D eigenvalue weighted by Crippen LogP contribution is -2.32. The maximum Gasteiger partial charge on any atom is 0.276 e. The minimum Gasteiger partial charge on any atom is -0.330 e. The van der Waals surface area contributed by atoms with Crippen LogP contribution in [0.3, 0.4) is 0 Å². The van der Waals surface area contributed by atoms with Crippen LogP contribution in [0.15, 0.2) is 24.5 Å². The van der Waals surface area contributed by atoms with Crippen molar-refractivity contribution in [1.82, 2.24) is 30.2 Å². The van der Waals surface area contributed by atoms with E-state index in [0.29, 0.717) is 11.7 Å². The number of nitrogens with zero attached hydrogens (tertiary/aromatic N) is 5. The summed E-state index contributed by atoms with van der Waals surface area (Å²) in [5.74, 6) is -0.00278. The zero-order valence-electron chi connectivity index (χ0n) is 14.6. The summed E-state index contributed by atoms with van der Waals surface area (Å²) in [7, 11) is 0. The average molecular weight is 340 g/mol. The Morgan fingerprint density at radius 1 is 1.20 bits per heavy atom. The van der Waals surface area contributed by atoms with Gasteiger partial charge in [-0.1, -0.05) is 5.21 Å². The van der Waals surface area contributed by atoms with Crippen molar-refractivity contribution >= 4 is 5.91 Å². The summed E-state index contributed by atoms with van der Waals surface area (Å²) >= 11 is 0. The first-order chi connectivity index (χ1) is 12.3. The SMILES string of the molecule is Cc1c(C(=O)N2CCC[C@H]2c2ccncc2)nnn1C1CCNCC1. The largest absolute Gasteiger partial charge is 0.330 e. The fourth-order valence-corrected chi connectivity index (χ4v) is 4.01. The molecule has 2 saturated heterocycles. The van der Waals surface area contributed by atoms with Crippen LogP contribution in [0.5, 0.6) is 0 Å². The van der Waals surface area contributed by atoms with Gasteiger partial charge < -0.3 is 10.2 Å². The number of nitrogens with one attached hydrogen (secondary N) is 1. The molecule has 0 saturated carbocycles. The Morgan fingerprint density at radius 3 is 2.72 bits per heavy atom. The minimum atomic E-state index is -0.00278. The van der Waals surface area contributed by atoms with Crippen LogP contribution < -0.4 is 5.32 Å². The van der Waals surface area contributed by atoms with Gasteiger partial charge in [0.1, 0.15) is 0 Å². The molecule has 2 aromatic rings. The molecule has 1 atom stereocenters. The topological polar surface area (TPSA) is 75.9 Å². The lowest BCUT2D eigenvalue weighted by molar-refractivity contribution is 0.0728. The van der Waals surface area contributed by atoms with E-state index < -0.39 is 0 Å². The molecule has 0 bridgehead atoms. The first-order valence-electron chi connectivity index (χ1n) is 9.09. The van der Waals surface area contributed by atoms with Gasteiger partial charge in [0.05, 0.1) is 17.8 Å². The molecular weight excluding hydrogens is 316 g/mol. The second-order valence-corrected chi connectivity index (χ2v) is 6.89. The molecule has 132 valence electrons. The van der Waals surface area contributed by atoms with E-state index >= 15 is 0 Å². The standard InChI is InChI=1S/C18H24N6O/c1-13-17(21-22-24(13)15-6-10-20-11-7-15)18(25)23-12-2-3-16(23)14-4-8-19-9-5-14/h4-5,8-9,15-16,20H,2-3,6-7,10-12H2,1H3/t16-/m0/s1. The predicted octanol–water partition coefficient (Wildman–Crippen LogP) is 1.88. The Balaban J connectivity index is 1.57. The summed E-state index contributed by atoms with van der Waals surface area (Å²) in [4.78, 5) is 19.2. The van der Waals surface area contributed by atoms with E-state index in [9.17, 15) is 4.79 Å². The third kappa shape index (κ3) is 3.04. The smallest absolute Gasteiger partial charge is 0.276 e. The Labute approximate surface area is 147 Å². The maximum atomic E-state index is 13.1. The van der Waals surface area contributed by atoms with Gasteiger partial charge >= 0.3 is 0 Å². The lowest BCUT2D eigenvalue weighted by atomic mass is 10.1. The Hall–Kier alpha value is -2.28. The van der Waals surface area contributed by atoms with Gasteiger partial charge in [0, 0.05) is 18.9 Å². The molecule has 4 rings (SSSR count). The maximum absolute atomic E-state index is 13.1. The fraction of sp³-hybridized carbons (Fsp3) is 0.556. The number of piperidine rings is 1. The van der Waals surface area contributed by atoms with Crippen molar-refractivity contribution in [2.24, 2.45) is 0 Å². The molecule has 0 aromatic carbocycles. The van der Waals surface area contributed by atoms with E-state index in [1.807, 2.05) is 28.6 Å². The van der Waals surface area contributed by atoms with Crippen LogP contribution in [0.2, 0.25) is 0 Å². The summed E-state index contributed by atoms with van der Waals surface area (Å²) < 4.78 is 1.95. The van der Waals surface area contributed by atoms with Gasteiger partial charge in [0.15, 0.2) is 5.69 Å². The van der Waals surface area contributed by atoms with E-state index in [4.69, 9.17) is 0 Å². The van der Waals surface area contributed by atoms with Crippen LogP contribution in [0, 0.1) is 6.92 Å². The van der Waals surface area contributed by atoms with Crippen molar-refractivity contribution in [1.29, 1.82) is 0 Å². The zero-order chi connectivity index (χ0) is 17.2. The van der Waals surface area contributed by atoms with Crippen LogP contribution in [-0.2, 0) is 0 Å². The van der Waals surface area contributed by atoms with Crippen molar-refractivity contribution in [2.75, 3.05) is 19.6 Å². The Bertz CT molecular complexity index is 737. The van der Waals surface area contributed by atoms with Crippen molar-refractivity contribution in [3.05, 3.63) is 41.5 Å². The molecular formula is C18H24N6O. The molecule has 7 heteroatoms. The van der Waals surface area contributed by atoms with Gasteiger partial charge in [-0.15, -0.1) is 5.10 Å². The minimum absolute atomic E-state index is 0.00278. The molecule has 0 spiro atoms. The van der Waals surface area contributed by atoms with Crippen molar-refractivity contribution in [2.45, 2.75) is 44.7 Å². The van der Waals surface area contributed by atoms with E-state index in [0.717, 1.165) is 56.6 Å². The molecule has 25 heavy (non-hydrogen) atoms. The first-order valence-corrected chi connectivity index (χ1v) is 9.09. The van der Waals surface area contributed by atoms with Gasteiger partial charge in [0.25, 0.3) is 5.91 Å². The number of pyridine rings is 1. The van der Waals surface area contributed by atoms with Crippen LogP contribution in [0.1, 0.15) is 59.5 Å². The molecule has 0 unspecified atom stereocenters. The summed E-state index contributed by atoms with van der Waals surface area (Å²) in [5, 5.41) is 11.9. The number of likely N-dealkylation sites (tertiary alicyclic amines) is 1. The lowest BCUT2D eigenvalue weighted by Gasteiger charge is -2.25. The fourth-order valence-electron chi connectivity index (χ4n) is 4.01. The number of hydrogen-bond acceptors (Lipinski definition) is 5. The van der Waals surface area contributed by atoms with E-state index in [1.165, 1.54) is 0 Å². The first kappa shape index (κ1) is 16.2. The highest BCUT2D eigenvalue weighted by Crippen LogP contribution is 2.33. The van der Waals surface area contributed by atoms with Gasteiger partial charge in [-0.2, -0.15) is 0 Å². The number of hydrogen-bond donors (Lipinski definition) is 1. The second kappa shape index (κ2) is 6.92. The van der Waals surface area contributed by atoms with Crippen molar-refractivity contribution < 1.29 is 4.79 Å². The Morgan fingerprint density at radius 2 is 1.96 bits per heavy atom. The van der Waals surface area contributed by atoms with Gasteiger partial charge in [-0.25, -0.2) is 4.68 Å². The normalized spacial score (nSPS) is 21.6. The monoisotopic (exact) mass is 340 g/mol. The molecule has 1 amide bonds. The number of carbonyl (C=O) groups is 1. The number of carbonyl (C=O) groups excluding carboxylic acids is 1. The second-order valence-electron chi connectivity index (χ2n) is 6.89. The van der Waals surface area contributed by atoms with Crippen LogP contribution >= 0.6 is 0 Å². The van der Waals surface area contributed by atoms with Gasteiger partial charge in [-0.3, -0.25) is 9.78 Å². The van der Waals surface area contributed by atoms with Crippen LogP contribution in [-0.4, -0.2) is 50.4 Å². The van der Waals surface area contributed by atoms with Crippen LogP contribution in [0.4, 0.5) is 0 Å². The third-order valence-electron chi connectivity index (χ3n) is 5.39. The molecule has 0 aliphatic carbocycles. The molecule has 2 aromatic heterocycles. The number of rotatable bonds is 3. The van der Waals surface area contributed by atoms with E-state index in [-0.39, 0.29) is 11.9 Å². The van der Waals surface area contributed by atoms with E-state index in [2.05, 4.69) is 20.6 Å². The summed E-state index contributed by atoms with van der Waals surface area (Å²) in [5.41, 5.74) is 2.53. The predicted molar refractivity (Wildman–Crippen MR) is 93.1 cm³/mol. The highest BCUT2D eigenvalue weighted by molar-refractivity contribution is 5.93.